The van der Waals surface area contributed by atoms with E-state index in [1.54, 1.807) is 19.1 Å². The zero-order valence-corrected chi connectivity index (χ0v) is 14.0. The molecule has 0 aliphatic heterocycles. The zero-order valence-electron chi connectivity index (χ0n) is 13.2. The van der Waals surface area contributed by atoms with Crippen molar-refractivity contribution in [1.82, 2.24) is 5.32 Å². The lowest BCUT2D eigenvalue weighted by molar-refractivity contribution is -0.125. The minimum absolute atomic E-state index is 0.0147. The van der Waals surface area contributed by atoms with Crippen molar-refractivity contribution >= 4 is 16.7 Å². The molecule has 2 N–H and O–H groups in total. The van der Waals surface area contributed by atoms with Crippen molar-refractivity contribution in [2.45, 2.75) is 44.5 Å². The molecule has 1 rings (SSSR count). The van der Waals surface area contributed by atoms with Crippen LogP contribution >= 0.6 is 0 Å². The monoisotopic (exact) mass is 311 g/mol. The molecule has 0 aliphatic rings. The van der Waals surface area contributed by atoms with Gasteiger partial charge in [0.2, 0.25) is 5.91 Å². The van der Waals surface area contributed by atoms with Gasteiger partial charge >= 0.3 is 0 Å². The fourth-order valence-corrected chi connectivity index (χ4v) is 2.76. The fourth-order valence-electron chi connectivity index (χ4n) is 1.86. The van der Waals surface area contributed by atoms with Crippen molar-refractivity contribution in [3.8, 4) is 0 Å². The van der Waals surface area contributed by atoms with Gasteiger partial charge in [0.25, 0.3) is 0 Å². The van der Waals surface area contributed by atoms with Gasteiger partial charge in [-0.05, 0) is 33.3 Å². The van der Waals surface area contributed by atoms with E-state index in [1.807, 2.05) is 39.0 Å². The van der Waals surface area contributed by atoms with Crippen LogP contribution in [-0.4, -0.2) is 32.3 Å². The zero-order chi connectivity index (χ0) is 16.1. The molecule has 2 atom stereocenters. The van der Waals surface area contributed by atoms with Crippen LogP contribution in [0.5, 0.6) is 0 Å². The summed E-state index contributed by atoms with van der Waals surface area (Å²) in [6.07, 6.45) is -0.0147. The number of carbonyl (C=O) groups is 1. The molecule has 5 heteroatoms. The van der Waals surface area contributed by atoms with E-state index < -0.39 is 16.4 Å². The highest BCUT2D eigenvalue weighted by atomic mass is 32.2. The molecule has 0 fully saturated rings. The lowest BCUT2D eigenvalue weighted by Gasteiger charge is -2.23. The van der Waals surface area contributed by atoms with Gasteiger partial charge in [-0.1, -0.05) is 30.3 Å². The van der Waals surface area contributed by atoms with Crippen molar-refractivity contribution in [2.24, 2.45) is 0 Å². The third kappa shape index (κ3) is 5.98. The predicted octanol–water partition coefficient (Wildman–Crippen LogP) is 1.95. The summed E-state index contributed by atoms with van der Waals surface area (Å²) in [6.45, 7) is 7.70. The molecule has 1 amide bonds. The van der Waals surface area contributed by atoms with E-state index >= 15 is 0 Å². The standard InChI is InChI=1S/C16H25NO3S/c1-15(2,3)21(20)11-10-17-14(18)12-16(4,19)13-8-6-5-7-9-13/h5-9,19H,10-12H2,1-4H3,(H,17,18). The maximum Gasteiger partial charge on any atom is 0.223 e. The molecular formula is C16H25NO3S. The van der Waals surface area contributed by atoms with Gasteiger partial charge in [0.05, 0.1) is 12.0 Å². The first-order valence-electron chi connectivity index (χ1n) is 7.06. The van der Waals surface area contributed by atoms with E-state index in [9.17, 15) is 14.1 Å². The highest BCUT2D eigenvalue weighted by Crippen LogP contribution is 2.23. The molecule has 0 bridgehead atoms. The molecule has 0 saturated heterocycles. The predicted molar refractivity (Wildman–Crippen MR) is 86.4 cm³/mol. The fraction of sp³-hybridized carbons (Fsp3) is 0.562. The first-order chi connectivity index (χ1) is 9.63. The van der Waals surface area contributed by atoms with Crippen molar-refractivity contribution in [1.29, 1.82) is 0 Å². The Labute approximate surface area is 129 Å². The van der Waals surface area contributed by atoms with Crippen LogP contribution in [0.1, 0.15) is 39.7 Å². The number of rotatable bonds is 6. The average Bonchev–Trinajstić information content (AvgIpc) is 2.38. The molecule has 4 nitrogen and oxygen atoms in total. The number of carbonyl (C=O) groups excluding carboxylic acids is 1. The Bertz CT molecular complexity index is 492. The third-order valence-electron chi connectivity index (χ3n) is 3.19. The van der Waals surface area contributed by atoms with Gasteiger partial charge in [-0.2, -0.15) is 0 Å². The van der Waals surface area contributed by atoms with Crippen LogP contribution in [0.2, 0.25) is 0 Å². The summed E-state index contributed by atoms with van der Waals surface area (Å²) in [6, 6.07) is 9.10. The maximum absolute atomic E-state index is 11.9. The topological polar surface area (TPSA) is 66.4 Å². The summed E-state index contributed by atoms with van der Waals surface area (Å²) >= 11 is 0. The van der Waals surface area contributed by atoms with Crippen LogP contribution in [0.25, 0.3) is 0 Å². The lowest BCUT2D eigenvalue weighted by Crippen LogP contribution is -2.36. The molecule has 0 aliphatic carbocycles. The quantitative estimate of drug-likeness (QED) is 0.844. The average molecular weight is 311 g/mol. The molecule has 0 aromatic heterocycles. The Morgan fingerprint density at radius 3 is 2.29 bits per heavy atom. The van der Waals surface area contributed by atoms with Crippen molar-refractivity contribution < 1.29 is 14.1 Å². The first kappa shape index (κ1) is 17.9. The lowest BCUT2D eigenvalue weighted by atomic mass is 9.92. The largest absolute Gasteiger partial charge is 0.385 e. The van der Waals surface area contributed by atoms with Crippen LogP contribution < -0.4 is 5.32 Å². The Balaban J connectivity index is 2.46. The molecule has 1 aromatic carbocycles. The SMILES string of the molecule is CC(O)(CC(=O)NCCS(=O)C(C)(C)C)c1ccccc1. The van der Waals surface area contributed by atoms with Crippen LogP contribution in [-0.2, 0) is 21.2 Å². The normalized spacial score (nSPS) is 16.0. The van der Waals surface area contributed by atoms with Crippen molar-refractivity contribution in [3.63, 3.8) is 0 Å². The summed E-state index contributed by atoms with van der Waals surface area (Å²) in [5.41, 5.74) is -0.493. The second-order valence-corrected chi connectivity index (χ2v) is 8.65. The number of nitrogens with one attached hydrogen (secondary N) is 1. The van der Waals surface area contributed by atoms with Crippen LogP contribution in [0.4, 0.5) is 0 Å². The van der Waals surface area contributed by atoms with Gasteiger partial charge in [0.1, 0.15) is 0 Å². The third-order valence-corrected chi connectivity index (χ3v) is 5.13. The Hall–Kier alpha value is -1.20. The highest BCUT2D eigenvalue weighted by Gasteiger charge is 2.26. The maximum atomic E-state index is 11.9. The number of benzene rings is 1. The molecule has 1 aromatic rings. The molecule has 0 heterocycles. The molecule has 21 heavy (non-hydrogen) atoms. The Morgan fingerprint density at radius 1 is 1.19 bits per heavy atom. The summed E-state index contributed by atoms with van der Waals surface area (Å²) in [4.78, 5) is 11.9. The summed E-state index contributed by atoms with van der Waals surface area (Å²) in [7, 11) is -0.990. The smallest absolute Gasteiger partial charge is 0.223 e. The Morgan fingerprint density at radius 2 is 1.76 bits per heavy atom. The molecule has 0 saturated carbocycles. The van der Waals surface area contributed by atoms with Crippen LogP contribution in [0.3, 0.4) is 0 Å². The van der Waals surface area contributed by atoms with E-state index in [0.717, 1.165) is 0 Å². The Kier molecular flexibility index (Phi) is 6.10. The van der Waals surface area contributed by atoms with Gasteiger partial charge in [0, 0.05) is 27.8 Å². The number of amides is 1. The molecule has 2 unspecified atom stereocenters. The minimum Gasteiger partial charge on any atom is -0.385 e. The first-order valence-corrected chi connectivity index (χ1v) is 8.38. The minimum atomic E-state index is -1.20. The van der Waals surface area contributed by atoms with Gasteiger partial charge in [-0.15, -0.1) is 0 Å². The second-order valence-electron chi connectivity index (χ2n) is 6.33. The number of aliphatic hydroxyl groups is 1. The van der Waals surface area contributed by atoms with Gasteiger partial charge in [-0.25, -0.2) is 0 Å². The molecule has 0 spiro atoms. The van der Waals surface area contributed by atoms with Gasteiger partial charge in [0.15, 0.2) is 0 Å². The van der Waals surface area contributed by atoms with E-state index in [1.165, 1.54) is 0 Å². The summed E-state index contributed by atoms with van der Waals surface area (Å²) in [5, 5.41) is 13.1. The summed E-state index contributed by atoms with van der Waals surface area (Å²) in [5.74, 6) is 0.178. The van der Waals surface area contributed by atoms with E-state index in [4.69, 9.17) is 0 Å². The molecular weight excluding hydrogens is 286 g/mol. The van der Waals surface area contributed by atoms with Crippen LogP contribution in [0.15, 0.2) is 30.3 Å². The van der Waals surface area contributed by atoms with Crippen LogP contribution in [0, 0.1) is 0 Å². The summed E-state index contributed by atoms with van der Waals surface area (Å²) < 4.78 is 11.6. The highest BCUT2D eigenvalue weighted by molar-refractivity contribution is 7.86. The van der Waals surface area contributed by atoms with E-state index in [2.05, 4.69) is 5.32 Å². The molecule has 118 valence electrons. The van der Waals surface area contributed by atoms with Gasteiger partial charge < -0.3 is 10.4 Å². The van der Waals surface area contributed by atoms with E-state index in [-0.39, 0.29) is 17.1 Å². The number of hydrogen-bond acceptors (Lipinski definition) is 3. The number of hydrogen-bond donors (Lipinski definition) is 2. The molecule has 0 radical (unpaired) electrons. The van der Waals surface area contributed by atoms with Crippen molar-refractivity contribution in [3.05, 3.63) is 35.9 Å². The van der Waals surface area contributed by atoms with Gasteiger partial charge in [-0.3, -0.25) is 9.00 Å². The van der Waals surface area contributed by atoms with E-state index in [0.29, 0.717) is 17.9 Å². The van der Waals surface area contributed by atoms with Crippen molar-refractivity contribution in [2.75, 3.05) is 12.3 Å². The second kappa shape index (κ2) is 7.18.